The number of nitrogens with zero attached hydrogens (tertiary/aromatic N) is 1. The lowest BCUT2D eigenvalue weighted by molar-refractivity contribution is -0.148. The summed E-state index contributed by atoms with van der Waals surface area (Å²) >= 11 is 7.26. The van der Waals surface area contributed by atoms with Gasteiger partial charge in [-0.3, -0.25) is 4.79 Å². The summed E-state index contributed by atoms with van der Waals surface area (Å²) < 4.78 is 5.44. The first-order chi connectivity index (χ1) is 9.49. The molecule has 1 aromatic rings. The van der Waals surface area contributed by atoms with Crippen LogP contribution in [0.5, 0.6) is 5.75 Å². The van der Waals surface area contributed by atoms with Crippen molar-refractivity contribution in [1.82, 2.24) is 4.90 Å². The number of halogens is 1. The molecule has 20 heavy (non-hydrogen) atoms. The minimum Gasteiger partial charge on any atom is -0.483 e. The Hall–Kier alpha value is -1.40. The largest absolute Gasteiger partial charge is 0.483 e. The molecular weight excluding hydrogens is 302 g/mol. The van der Waals surface area contributed by atoms with Crippen molar-refractivity contribution in [3.8, 4) is 5.75 Å². The van der Waals surface area contributed by atoms with Gasteiger partial charge in [0.15, 0.2) is 6.61 Å². The van der Waals surface area contributed by atoms with Gasteiger partial charge in [-0.2, -0.15) is 0 Å². The number of carbonyl (C=O) groups is 2. The first-order valence-electron chi connectivity index (χ1n) is 5.98. The number of aliphatic carboxylic acids is 1. The highest BCUT2D eigenvalue weighted by molar-refractivity contribution is 7.99. The molecule has 0 radical (unpaired) electrons. The molecule has 1 amide bonds. The molecule has 0 saturated carbocycles. The topological polar surface area (TPSA) is 66.8 Å². The molecule has 0 aromatic heterocycles. The molecule has 1 aliphatic heterocycles. The Kier molecular flexibility index (Phi) is 4.77. The van der Waals surface area contributed by atoms with Gasteiger partial charge in [0.2, 0.25) is 0 Å². The number of hydrogen-bond acceptors (Lipinski definition) is 4. The number of carboxylic acids is 1. The van der Waals surface area contributed by atoms with Crippen molar-refractivity contribution in [2.75, 3.05) is 18.2 Å². The van der Waals surface area contributed by atoms with Crippen LogP contribution in [0.3, 0.4) is 0 Å². The molecule has 108 valence electrons. The number of ether oxygens (including phenoxy) is 1. The predicted octanol–water partition coefficient (Wildman–Crippen LogP) is 2.01. The highest BCUT2D eigenvalue weighted by Gasteiger charge is 2.34. The maximum atomic E-state index is 12.0. The lowest BCUT2D eigenvalue weighted by Crippen LogP contribution is -2.43. The Morgan fingerprint density at radius 3 is 2.95 bits per heavy atom. The Morgan fingerprint density at radius 2 is 2.30 bits per heavy atom. The SMILES string of the molecule is Cc1cc(Cl)ccc1OCC(=O)N1CSC[C@H]1C(=O)O. The van der Waals surface area contributed by atoms with Gasteiger partial charge in [-0.15, -0.1) is 11.8 Å². The van der Waals surface area contributed by atoms with E-state index in [1.165, 1.54) is 16.7 Å². The number of benzene rings is 1. The van der Waals surface area contributed by atoms with E-state index in [1.54, 1.807) is 18.2 Å². The number of amides is 1. The van der Waals surface area contributed by atoms with Crippen molar-refractivity contribution in [3.05, 3.63) is 28.8 Å². The first kappa shape index (κ1) is 15.0. The van der Waals surface area contributed by atoms with Crippen LogP contribution in [0.2, 0.25) is 5.02 Å². The molecule has 1 atom stereocenters. The molecule has 1 aromatic carbocycles. The zero-order valence-electron chi connectivity index (χ0n) is 10.8. The second-order valence-electron chi connectivity index (χ2n) is 4.42. The van der Waals surface area contributed by atoms with Gasteiger partial charge < -0.3 is 14.7 Å². The van der Waals surface area contributed by atoms with Crippen LogP contribution in [0.25, 0.3) is 0 Å². The summed E-state index contributed by atoms with van der Waals surface area (Å²) in [5, 5.41) is 9.63. The van der Waals surface area contributed by atoms with Gasteiger partial charge in [0.05, 0.1) is 5.88 Å². The molecule has 7 heteroatoms. The zero-order chi connectivity index (χ0) is 14.7. The van der Waals surface area contributed by atoms with Crippen LogP contribution in [0.1, 0.15) is 5.56 Å². The fourth-order valence-corrected chi connectivity index (χ4v) is 3.29. The number of carbonyl (C=O) groups excluding carboxylic acids is 1. The van der Waals surface area contributed by atoms with E-state index in [-0.39, 0.29) is 12.5 Å². The van der Waals surface area contributed by atoms with Crippen molar-refractivity contribution in [3.63, 3.8) is 0 Å². The number of rotatable bonds is 4. The Labute approximate surface area is 125 Å². The molecular formula is C13H14ClNO4S. The molecule has 1 N–H and O–H groups in total. The van der Waals surface area contributed by atoms with Crippen LogP contribution < -0.4 is 4.74 Å². The van der Waals surface area contributed by atoms with Crippen LogP contribution in [-0.2, 0) is 9.59 Å². The van der Waals surface area contributed by atoms with Crippen molar-refractivity contribution in [2.24, 2.45) is 0 Å². The Morgan fingerprint density at radius 1 is 1.55 bits per heavy atom. The normalized spacial score (nSPS) is 18.1. The van der Waals surface area contributed by atoms with E-state index in [1.807, 2.05) is 6.92 Å². The monoisotopic (exact) mass is 315 g/mol. The molecule has 0 unspecified atom stereocenters. The summed E-state index contributed by atoms with van der Waals surface area (Å²) in [7, 11) is 0. The number of carboxylic acid groups (broad SMARTS) is 1. The van der Waals surface area contributed by atoms with E-state index in [0.29, 0.717) is 22.4 Å². The third-order valence-corrected chi connectivity index (χ3v) is 4.22. The second-order valence-corrected chi connectivity index (χ2v) is 5.85. The minimum absolute atomic E-state index is 0.174. The molecule has 1 heterocycles. The summed E-state index contributed by atoms with van der Waals surface area (Å²) in [6.45, 7) is 1.66. The lowest BCUT2D eigenvalue weighted by atomic mass is 10.2. The van der Waals surface area contributed by atoms with Gasteiger partial charge in [0.25, 0.3) is 5.91 Å². The lowest BCUT2D eigenvalue weighted by Gasteiger charge is -2.20. The maximum Gasteiger partial charge on any atom is 0.327 e. The predicted molar refractivity (Wildman–Crippen MR) is 77.3 cm³/mol. The van der Waals surface area contributed by atoms with Crippen molar-refractivity contribution < 1.29 is 19.4 Å². The zero-order valence-corrected chi connectivity index (χ0v) is 12.4. The van der Waals surface area contributed by atoms with Gasteiger partial charge >= 0.3 is 5.97 Å². The van der Waals surface area contributed by atoms with Crippen molar-refractivity contribution in [1.29, 1.82) is 0 Å². The smallest absolute Gasteiger partial charge is 0.327 e. The fourth-order valence-electron chi connectivity index (χ4n) is 1.89. The molecule has 0 spiro atoms. The number of hydrogen-bond donors (Lipinski definition) is 1. The van der Waals surface area contributed by atoms with E-state index in [2.05, 4.69) is 0 Å². The maximum absolute atomic E-state index is 12.0. The van der Waals surface area contributed by atoms with Crippen molar-refractivity contribution >= 4 is 35.2 Å². The van der Waals surface area contributed by atoms with E-state index in [4.69, 9.17) is 21.4 Å². The molecule has 5 nitrogen and oxygen atoms in total. The van der Waals surface area contributed by atoms with E-state index in [0.717, 1.165) is 5.56 Å². The third-order valence-electron chi connectivity index (χ3n) is 2.98. The fraction of sp³-hybridized carbons (Fsp3) is 0.385. The standard InChI is InChI=1S/C13H14ClNO4S/c1-8-4-9(14)2-3-11(8)19-5-12(16)15-7-20-6-10(15)13(17)18/h2-4,10H,5-7H2,1H3,(H,17,18)/t10-/m0/s1. The molecule has 1 fully saturated rings. The highest BCUT2D eigenvalue weighted by Crippen LogP contribution is 2.23. The van der Waals surface area contributed by atoms with E-state index >= 15 is 0 Å². The van der Waals surface area contributed by atoms with Crippen molar-refractivity contribution in [2.45, 2.75) is 13.0 Å². The third kappa shape index (κ3) is 3.37. The average molecular weight is 316 g/mol. The summed E-state index contributed by atoms with van der Waals surface area (Å²) in [5.41, 5.74) is 0.830. The Bertz CT molecular complexity index is 537. The van der Waals surface area contributed by atoms with Crippen LogP contribution in [-0.4, -0.2) is 46.2 Å². The summed E-state index contributed by atoms with van der Waals surface area (Å²) in [4.78, 5) is 24.4. The van der Waals surface area contributed by atoms with Crippen LogP contribution in [0.15, 0.2) is 18.2 Å². The van der Waals surface area contributed by atoms with Gasteiger partial charge in [-0.05, 0) is 30.7 Å². The molecule has 1 saturated heterocycles. The Balaban J connectivity index is 1.96. The highest BCUT2D eigenvalue weighted by atomic mass is 35.5. The van der Waals surface area contributed by atoms with E-state index < -0.39 is 12.0 Å². The van der Waals surface area contributed by atoms with Gasteiger partial charge in [-0.1, -0.05) is 11.6 Å². The quantitative estimate of drug-likeness (QED) is 0.920. The number of thioether (sulfide) groups is 1. The van der Waals surface area contributed by atoms with Crippen LogP contribution in [0.4, 0.5) is 0 Å². The number of aryl methyl sites for hydroxylation is 1. The molecule has 0 aliphatic carbocycles. The molecule has 1 aliphatic rings. The average Bonchev–Trinajstić information content (AvgIpc) is 2.86. The molecule has 0 bridgehead atoms. The van der Waals surface area contributed by atoms with Gasteiger partial charge in [0, 0.05) is 10.8 Å². The summed E-state index contributed by atoms with van der Waals surface area (Å²) in [5.74, 6) is 0.0732. The van der Waals surface area contributed by atoms with Crippen LogP contribution in [0, 0.1) is 6.92 Å². The summed E-state index contributed by atoms with van der Waals surface area (Å²) in [6, 6.07) is 4.36. The second kappa shape index (κ2) is 6.37. The minimum atomic E-state index is -0.981. The van der Waals surface area contributed by atoms with E-state index in [9.17, 15) is 9.59 Å². The van der Waals surface area contributed by atoms with Gasteiger partial charge in [-0.25, -0.2) is 4.79 Å². The first-order valence-corrected chi connectivity index (χ1v) is 7.51. The van der Waals surface area contributed by atoms with Crippen LogP contribution >= 0.6 is 23.4 Å². The summed E-state index contributed by atoms with van der Waals surface area (Å²) in [6.07, 6.45) is 0. The van der Waals surface area contributed by atoms with Gasteiger partial charge in [0.1, 0.15) is 11.8 Å². The molecule has 2 rings (SSSR count).